The first kappa shape index (κ1) is 9.96. The fourth-order valence-corrected chi connectivity index (χ4v) is 1.26. The quantitative estimate of drug-likeness (QED) is 0.688. The molecule has 0 aromatic rings. The molecule has 1 N–H and O–H groups in total. The van der Waals surface area contributed by atoms with Crippen LogP contribution in [-0.2, 0) is 9.47 Å². The molecule has 0 aliphatic carbocycles. The molecule has 0 spiro atoms. The molecule has 1 aliphatic rings. The summed E-state index contributed by atoms with van der Waals surface area (Å²) in [5.74, 6) is 0.168. The summed E-state index contributed by atoms with van der Waals surface area (Å²) >= 11 is 0. The summed E-state index contributed by atoms with van der Waals surface area (Å²) in [6, 6.07) is 0. The summed E-state index contributed by atoms with van der Waals surface area (Å²) in [4.78, 5) is 0. The van der Waals surface area contributed by atoms with Crippen molar-refractivity contribution in [2.45, 2.75) is 32.5 Å². The summed E-state index contributed by atoms with van der Waals surface area (Å²) in [5, 5.41) is 9.52. The first-order valence-electron chi connectivity index (χ1n) is 4.57. The zero-order valence-corrected chi connectivity index (χ0v) is 7.82. The second-order valence-corrected chi connectivity index (χ2v) is 3.57. The van der Waals surface area contributed by atoms with E-state index in [1.165, 1.54) is 0 Å². The summed E-state index contributed by atoms with van der Waals surface area (Å²) < 4.78 is 10.7. The van der Waals surface area contributed by atoms with Gasteiger partial charge in [-0.25, -0.2) is 0 Å². The number of hydrogen-bond donors (Lipinski definition) is 1. The van der Waals surface area contributed by atoms with Crippen molar-refractivity contribution < 1.29 is 14.6 Å². The molecule has 1 heterocycles. The van der Waals surface area contributed by atoms with Crippen molar-refractivity contribution in [3.05, 3.63) is 0 Å². The topological polar surface area (TPSA) is 38.7 Å². The number of aliphatic hydroxyl groups is 1. The first-order chi connectivity index (χ1) is 5.70. The van der Waals surface area contributed by atoms with Gasteiger partial charge in [-0.3, -0.25) is 0 Å². The van der Waals surface area contributed by atoms with Gasteiger partial charge in [-0.05, 0) is 20.3 Å². The molecule has 0 saturated carbocycles. The Morgan fingerprint density at radius 3 is 2.92 bits per heavy atom. The third-order valence-electron chi connectivity index (χ3n) is 2.08. The van der Waals surface area contributed by atoms with Crippen molar-refractivity contribution >= 4 is 0 Å². The van der Waals surface area contributed by atoms with E-state index in [4.69, 9.17) is 9.47 Å². The Hall–Kier alpha value is -0.120. The van der Waals surface area contributed by atoms with Crippen LogP contribution >= 0.6 is 0 Å². The van der Waals surface area contributed by atoms with Gasteiger partial charge in [0.05, 0.1) is 25.4 Å². The Labute approximate surface area is 73.7 Å². The third-order valence-corrected chi connectivity index (χ3v) is 2.08. The SMILES string of the molecule is CC(C)OCC1COCCC1O. The van der Waals surface area contributed by atoms with Crippen LogP contribution in [0.4, 0.5) is 0 Å². The summed E-state index contributed by atoms with van der Waals surface area (Å²) in [5.41, 5.74) is 0. The van der Waals surface area contributed by atoms with Crippen LogP contribution < -0.4 is 0 Å². The van der Waals surface area contributed by atoms with Crippen LogP contribution in [0.25, 0.3) is 0 Å². The lowest BCUT2D eigenvalue weighted by atomic mass is 10.00. The average Bonchev–Trinajstić information content (AvgIpc) is 2.03. The minimum Gasteiger partial charge on any atom is -0.393 e. The highest BCUT2D eigenvalue weighted by Gasteiger charge is 2.23. The second kappa shape index (κ2) is 4.80. The average molecular weight is 174 g/mol. The van der Waals surface area contributed by atoms with Crippen LogP contribution in [0, 0.1) is 5.92 Å². The van der Waals surface area contributed by atoms with Gasteiger partial charge in [0.2, 0.25) is 0 Å². The lowest BCUT2D eigenvalue weighted by Crippen LogP contribution is -2.35. The molecule has 0 radical (unpaired) electrons. The monoisotopic (exact) mass is 174 g/mol. The molecule has 0 aromatic heterocycles. The van der Waals surface area contributed by atoms with E-state index in [-0.39, 0.29) is 18.1 Å². The van der Waals surface area contributed by atoms with Crippen LogP contribution in [0.1, 0.15) is 20.3 Å². The van der Waals surface area contributed by atoms with Gasteiger partial charge in [0.1, 0.15) is 0 Å². The van der Waals surface area contributed by atoms with Crippen LogP contribution in [-0.4, -0.2) is 37.1 Å². The van der Waals surface area contributed by atoms with E-state index in [2.05, 4.69) is 0 Å². The fourth-order valence-electron chi connectivity index (χ4n) is 1.26. The highest BCUT2D eigenvalue weighted by atomic mass is 16.5. The van der Waals surface area contributed by atoms with Crippen LogP contribution in [0.2, 0.25) is 0 Å². The standard InChI is InChI=1S/C9H18O3/c1-7(2)12-6-8-5-11-4-3-9(8)10/h7-10H,3-6H2,1-2H3. The molecule has 0 amide bonds. The predicted octanol–water partition coefficient (Wildman–Crippen LogP) is 0.809. The summed E-state index contributed by atoms with van der Waals surface area (Å²) in [6.45, 7) is 5.91. The molecule has 0 aromatic carbocycles. The second-order valence-electron chi connectivity index (χ2n) is 3.57. The minimum atomic E-state index is -0.238. The van der Waals surface area contributed by atoms with Gasteiger partial charge >= 0.3 is 0 Å². The zero-order valence-electron chi connectivity index (χ0n) is 7.82. The van der Waals surface area contributed by atoms with Crippen molar-refractivity contribution in [2.75, 3.05) is 19.8 Å². The highest BCUT2D eigenvalue weighted by Crippen LogP contribution is 2.15. The van der Waals surface area contributed by atoms with E-state index in [9.17, 15) is 5.11 Å². The van der Waals surface area contributed by atoms with Crippen molar-refractivity contribution in [1.29, 1.82) is 0 Å². The number of ether oxygens (including phenoxy) is 2. The van der Waals surface area contributed by atoms with Gasteiger partial charge in [0.25, 0.3) is 0 Å². The Morgan fingerprint density at radius 2 is 2.33 bits per heavy atom. The smallest absolute Gasteiger partial charge is 0.0634 e. The maximum atomic E-state index is 9.52. The van der Waals surface area contributed by atoms with Crippen molar-refractivity contribution in [1.82, 2.24) is 0 Å². The molecular weight excluding hydrogens is 156 g/mol. The van der Waals surface area contributed by atoms with E-state index in [0.717, 1.165) is 6.42 Å². The Balaban J connectivity index is 2.20. The van der Waals surface area contributed by atoms with Crippen LogP contribution in [0.5, 0.6) is 0 Å². The molecular formula is C9H18O3. The maximum absolute atomic E-state index is 9.52. The van der Waals surface area contributed by atoms with Crippen molar-refractivity contribution in [3.8, 4) is 0 Å². The van der Waals surface area contributed by atoms with Gasteiger partial charge in [0.15, 0.2) is 0 Å². The Morgan fingerprint density at radius 1 is 1.58 bits per heavy atom. The molecule has 2 unspecified atom stereocenters. The molecule has 1 fully saturated rings. The summed E-state index contributed by atoms with van der Waals surface area (Å²) in [7, 11) is 0. The molecule has 1 rings (SSSR count). The molecule has 0 bridgehead atoms. The van der Waals surface area contributed by atoms with Gasteiger partial charge in [-0.15, -0.1) is 0 Å². The van der Waals surface area contributed by atoms with Crippen molar-refractivity contribution in [3.63, 3.8) is 0 Å². The lowest BCUT2D eigenvalue weighted by molar-refractivity contribution is -0.0758. The largest absolute Gasteiger partial charge is 0.393 e. The predicted molar refractivity (Wildman–Crippen MR) is 46.0 cm³/mol. The molecule has 1 saturated heterocycles. The number of aliphatic hydroxyl groups excluding tert-OH is 1. The summed E-state index contributed by atoms with van der Waals surface area (Å²) in [6.07, 6.45) is 0.739. The Bertz CT molecular complexity index is 125. The lowest BCUT2D eigenvalue weighted by Gasteiger charge is -2.27. The normalized spacial score (nSPS) is 31.0. The van der Waals surface area contributed by atoms with E-state index in [1.807, 2.05) is 13.8 Å². The Kier molecular flexibility index (Phi) is 3.98. The molecule has 3 heteroatoms. The van der Waals surface area contributed by atoms with Gasteiger partial charge in [0, 0.05) is 12.5 Å². The van der Waals surface area contributed by atoms with Gasteiger partial charge in [-0.2, -0.15) is 0 Å². The molecule has 1 aliphatic heterocycles. The zero-order chi connectivity index (χ0) is 8.97. The number of hydrogen-bond acceptors (Lipinski definition) is 3. The van der Waals surface area contributed by atoms with Crippen LogP contribution in [0.15, 0.2) is 0 Å². The first-order valence-corrected chi connectivity index (χ1v) is 4.57. The molecule has 2 atom stereocenters. The van der Waals surface area contributed by atoms with E-state index in [1.54, 1.807) is 0 Å². The third kappa shape index (κ3) is 3.09. The van der Waals surface area contributed by atoms with Gasteiger partial charge in [-0.1, -0.05) is 0 Å². The number of rotatable bonds is 3. The van der Waals surface area contributed by atoms with Gasteiger partial charge < -0.3 is 14.6 Å². The molecule has 72 valence electrons. The minimum absolute atomic E-state index is 0.168. The fraction of sp³-hybridized carbons (Fsp3) is 1.00. The van der Waals surface area contributed by atoms with Crippen molar-refractivity contribution in [2.24, 2.45) is 5.92 Å². The molecule has 12 heavy (non-hydrogen) atoms. The highest BCUT2D eigenvalue weighted by molar-refractivity contribution is 4.72. The van der Waals surface area contributed by atoms with E-state index < -0.39 is 0 Å². The van der Waals surface area contributed by atoms with E-state index in [0.29, 0.717) is 19.8 Å². The maximum Gasteiger partial charge on any atom is 0.0634 e. The molecule has 3 nitrogen and oxygen atoms in total. The van der Waals surface area contributed by atoms with Crippen LogP contribution in [0.3, 0.4) is 0 Å². The van der Waals surface area contributed by atoms with E-state index >= 15 is 0 Å².